The molecule has 0 aliphatic heterocycles. The second-order valence-corrected chi connectivity index (χ2v) is 8.82. The summed E-state index contributed by atoms with van der Waals surface area (Å²) < 4.78 is 5.24. The Kier molecular flexibility index (Phi) is 7.63. The van der Waals surface area contributed by atoms with Crippen molar-refractivity contribution in [3.05, 3.63) is 51.5 Å². The molecule has 156 valence electrons. The minimum Gasteiger partial charge on any atom is -0.445 e. The highest BCUT2D eigenvalue weighted by Crippen LogP contribution is 2.26. The van der Waals surface area contributed by atoms with Crippen molar-refractivity contribution < 1.29 is 14.3 Å². The SMILES string of the molecule is CC(C)[C@H](NC(=O)OCc1ccccc1)C(=O)NCCc1nc2c(s1)CCCC2. The molecule has 1 aliphatic rings. The number of fused-ring (bicyclic) bond motifs is 1. The van der Waals surface area contributed by atoms with E-state index in [2.05, 4.69) is 10.6 Å². The van der Waals surface area contributed by atoms with E-state index >= 15 is 0 Å². The van der Waals surface area contributed by atoms with Gasteiger partial charge in [-0.2, -0.15) is 0 Å². The fourth-order valence-corrected chi connectivity index (χ4v) is 4.50. The van der Waals surface area contributed by atoms with E-state index in [0.717, 1.165) is 23.4 Å². The van der Waals surface area contributed by atoms with Crippen molar-refractivity contribution in [1.29, 1.82) is 0 Å². The van der Waals surface area contributed by atoms with Gasteiger partial charge in [-0.15, -0.1) is 11.3 Å². The summed E-state index contributed by atoms with van der Waals surface area (Å²) in [4.78, 5) is 30.8. The highest BCUT2D eigenvalue weighted by Gasteiger charge is 2.24. The van der Waals surface area contributed by atoms with Gasteiger partial charge in [-0.05, 0) is 37.2 Å². The van der Waals surface area contributed by atoms with Crippen LogP contribution < -0.4 is 10.6 Å². The molecule has 0 unspecified atom stereocenters. The Labute approximate surface area is 176 Å². The first-order valence-electron chi connectivity index (χ1n) is 10.3. The number of thiazole rings is 1. The smallest absolute Gasteiger partial charge is 0.408 e. The lowest BCUT2D eigenvalue weighted by atomic mass is 10.0. The third-order valence-corrected chi connectivity index (χ3v) is 6.18. The number of hydrogen-bond donors (Lipinski definition) is 2. The van der Waals surface area contributed by atoms with E-state index in [4.69, 9.17) is 9.72 Å². The van der Waals surface area contributed by atoms with Gasteiger partial charge in [-0.1, -0.05) is 44.2 Å². The molecule has 2 aromatic rings. The highest BCUT2D eigenvalue weighted by molar-refractivity contribution is 7.11. The van der Waals surface area contributed by atoms with Crippen LogP contribution in [0.1, 0.15) is 47.8 Å². The number of carbonyl (C=O) groups is 2. The highest BCUT2D eigenvalue weighted by atomic mass is 32.1. The van der Waals surface area contributed by atoms with Gasteiger partial charge in [0, 0.05) is 17.8 Å². The van der Waals surface area contributed by atoms with Gasteiger partial charge in [0.05, 0.1) is 10.7 Å². The summed E-state index contributed by atoms with van der Waals surface area (Å²) >= 11 is 1.76. The summed E-state index contributed by atoms with van der Waals surface area (Å²) in [6.07, 6.45) is 4.79. The lowest BCUT2D eigenvalue weighted by molar-refractivity contribution is -0.124. The average Bonchev–Trinajstić information content (AvgIpc) is 3.13. The summed E-state index contributed by atoms with van der Waals surface area (Å²) in [6, 6.07) is 8.82. The zero-order chi connectivity index (χ0) is 20.6. The van der Waals surface area contributed by atoms with Crippen LogP contribution in [0.25, 0.3) is 0 Å². The van der Waals surface area contributed by atoms with Crippen LogP contribution in [-0.4, -0.2) is 29.6 Å². The van der Waals surface area contributed by atoms with E-state index in [1.165, 1.54) is 23.4 Å². The van der Waals surface area contributed by atoms with E-state index < -0.39 is 12.1 Å². The molecule has 7 heteroatoms. The predicted molar refractivity (Wildman–Crippen MR) is 114 cm³/mol. The first-order valence-corrected chi connectivity index (χ1v) is 11.1. The number of alkyl carbamates (subject to hydrolysis) is 1. The van der Waals surface area contributed by atoms with E-state index in [1.807, 2.05) is 44.2 Å². The quantitative estimate of drug-likeness (QED) is 0.690. The van der Waals surface area contributed by atoms with Gasteiger partial charge < -0.3 is 15.4 Å². The molecule has 0 fully saturated rings. The van der Waals surface area contributed by atoms with Crippen LogP contribution in [0, 0.1) is 5.92 Å². The largest absolute Gasteiger partial charge is 0.445 e. The molecule has 0 bridgehead atoms. The van der Waals surface area contributed by atoms with Crippen LogP contribution in [0.5, 0.6) is 0 Å². The number of rotatable bonds is 8. The van der Waals surface area contributed by atoms with Crippen molar-refractivity contribution in [3.8, 4) is 0 Å². The zero-order valence-electron chi connectivity index (χ0n) is 17.1. The third kappa shape index (κ3) is 6.29. The van der Waals surface area contributed by atoms with Crippen LogP contribution >= 0.6 is 11.3 Å². The van der Waals surface area contributed by atoms with Crippen LogP contribution in [0.2, 0.25) is 0 Å². The molecule has 1 aromatic heterocycles. The number of benzene rings is 1. The second-order valence-electron chi connectivity index (χ2n) is 7.65. The molecule has 1 aromatic carbocycles. The van der Waals surface area contributed by atoms with Crippen molar-refractivity contribution in [2.24, 2.45) is 5.92 Å². The van der Waals surface area contributed by atoms with E-state index in [1.54, 1.807) is 11.3 Å². The van der Waals surface area contributed by atoms with Gasteiger partial charge in [0.15, 0.2) is 0 Å². The molecule has 0 radical (unpaired) electrons. The molecule has 0 spiro atoms. The fourth-order valence-electron chi connectivity index (χ4n) is 3.34. The van der Waals surface area contributed by atoms with Gasteiger partial charge in [0.1, 0.15) is 12.6 Å². The Morgan fingerprint density at radius 3 is 2.66 bits per heavy atom. The van der Waals surface area contributed by atoms with Crippen molar-refractivity contribution >= 4 is 23.3 Å². The van der Waals surface area contributed by atoms with E-state index in [9.17, 15) is 9.59 Å². The van der Waals surface area contributed by atoms with Crippen molar-refractivity contribution in [2.75, 3.05) is 6.54 Å². The predicted octanol–water partition coefficient (Wildman–Crippen LogP) is 3.63. The normalized spacial score (nSPS) is 14.2. The van der Waals surface area contributed by atoms with Crippen LogP contribution in [0.4, 0.5) is 4.79 Å². The van der Waals surface area contributed by atoms with Crippen molar-refractivity contribution in [2.45, 2.75) is 58.6 Å². The maximum absolute atomic E-state index is 12.6. The number of carbonyl (C=O) groups excluding carboxylic acids is 2. The Hall–Kier alpha value is -2.41. The molecule has 1 heterocycles. The number of nitrogens with zero attached hydrogens (tertiary/aromatic N) is 1. The first-order chi connectivity index (χ1) is 14.0. The lowest BCUT2D eigenvalue weighted by Crippen LogP contribution is -2.50. The summed E-state index contributed by atoms with van der Waals surface area (Å²) in [7, 11) is 0. The third-order valence-electron chi connectivity index (χ3n) is 4.96. The van der Waals surface area contributed by atoms with Gasteiger partial charge in [-0.3, -0.25) is 4.79 Å². The minimum atomic E-state index is -0.636. The molecular weight excluding hydrogens is 386 g/mol. The van der Waals surface area contributed by atoms with Crippen molar-refractivity contribution in [3.63, 3.8) is 0 Å². The van der Waals surface area contributed by atoms with Crippen LogP contribution in [0.15, 0.2) is 30.3 Å². The number of aromatic nitrogens is 1. The first kappa shape index (κ1) is 21.3. The van der Waals surface area contributed by atoms with Gasteiger partial charge in [-0.25, -0.2) is 9.78 Å². The average molecular weight is 416 g/mol. The number of nitrogens with one attached hydrogen (secondary N) is 2. The summed E-state index contributed by atoms with van der Waals surface area (Å²) in [5.74, 6) is -0.246. The summed E-state index contributed by atoms with van der Waals surface area (Å²) in [6.45, 7) is 4.48. The molecule has 1 atom stereocenters. The molecule has 2 N–H and O–H groups in total. The Balaban J connectivity index is 1.44. The Morgan fingerprint density at radius 1 is 1.17 bits per heavy atom. The Morgan fingerprint density at radius 2 is 1.93 bits per heavy atom. The summed E-state index contributed by atoms with van der Waals surface area (Å²) in [5, 5.41) is 6.70. The molecule has 1 aliphatic carbocycles. The zero-order valence-corrected chi connectivity index (χ0v) is 17.9. The van der Waals surface area contributed by atoms with Crippen LogP contribution in [-0.2, 0) is 35.4 Å². The number of ether oxygens (including phenoxy) is 1. The maximum atomic E-state index is 12.6. The number of hydrogen-bond acceptors (Lipinski definition) is 5. The molecular formula is C22H29N3O3S. The topological polar surface area (TPSA) is 80.3 Å². The maximum Gasteiger partial charge on any atom is 0.408 e. The molecule has 29 heavy (non-hydrogen) atoms. The van der Waals surface area contributed by atoms with Gasteiger partial charge in [0.2, 0.25) is 5.91 Å². The molecule has 6 nitrogen and oxygen atoms in total. The van der Waals surface area contributed by atoms with Gasteiger partial charge >= 0.3 is 6.09 Å². The van der Waals surface area contributed by atoms with Crippen LogP contribution in [0.3, 0.4) is 0 Å². The lowest BCUT2D eigenvalue weighted by Gasteiger charge is -2.21. The standard InChI is InChI=1S/C22H29N3O3S/c1-15(2)20(25-22(27)28-14-16-8-4-3-5-9-16)21(26)23-13-12-19-24-17-10-6-7-11-18(17)29-19/h3-5,8-9,15,20H,6-7,10-14H2,1-2H3,(H,23,26)(H,25,27)/t20-/m0/s1. The Bertz CT molecular complexity index is 796. The van der Waals surface area contributed by atoms with Gasteiger partial charge in [0.25, 0.3) is 0 Å². The van der Waals surface area contributed by atoms with E-state index in [-0.39, 0.29) is 18.4 Å². The number of amides is 2. The minimum absolute atomic E-state index is 0.0496. The fraction of sp³-hybridized carbons (Fsp3) is 0.500. The molecule has 0 saturated heterocycles. The number of aryl methyl sites for hydroxylation is 2. The molecule has 0 saturated carbocycles. The second kappa shape index (κ2) is 10.4. The summed E-state index contributed by atoms with van der Waals surface area (Å²) in [5.41, 5.74) is 2.14. The molecule has 3 rings (SSSR count). The molecule has 2 amide bonds. The van der Waals surface area contributed by atoms with Crippen molar-refractivity contribution in [1.82, 2.24) is 15.6 Å². The van der Waals surface area contributed by atoms with E-state index in [0.29, 0.717) is 13.0 Å². The monoisotopic (exact) mass is 415 g/mol.